The van der Waals surface area contributed by atoms with E-state index in [1.165, 1.54) is 0 Å². The van der Waals surface area contributed by atoms with E-state index < -0.39 is 6.10 Å². The average Bonchev–Trinajstić information content (AvgIpc) is 3.29. The van der Waals surface area contributed by atoms with Crippen LogP contribution in [0.2, 0.25) is 0 Å². The van der Waals surface area contributed by atoms with Gasteiger partial charge in [0, 0.05) is 18.4 Å². The number of ether oxygens (including phenoxy) is 3. The third-order valence-electron chi connectivity index (χ3n) is 5.56. The normalized spacial score (nSPS) is 17.9. The van der Waals surface area contributed by atoms with Crippen molar-refractivity contribution in [2.75, 3.05) is 18.5 Å². The highest BCUT2D eigenvalue weighted by atomic mass is 16.5. The second-order valence-electron chi connectivity index (χ2n) is 7.82. The Balaban J connectivity index is 1.62. The highest BCUT2D eigenvalue weighted by Crippen LogP contribution is 2.29. The minimum atomic E-state index is -0.563. The van der Waals surface area contributed by atoms with Crippen LogP contribution in [-0.2, 0) is 9.53 Å². The highest BCUT2D eigenvalue weighted by molar-refractivity contribution is 5.94. The molecule has 0 saturated carbocycles. The maximum Gasteiger partial charge on any atom is 0.265 e. The minimum Gasteiger partial charge on any atom is -0.491 e. The first-order valence-corrected chi connectivity index (χ1v) is 11.0. The van der Waals surface area contributed by atoms with Crippen LogP contribution >= 0.6 is 0 Å². The van der Waals surface area contributed by atoms with Gasteiger partial charge < -0.3 is 19.5 Å². The van der Waals surface area contributed by atoms with Crippen LogP contribution in [0.15, 0.2) is 48.5 Å². The summed E-state index contributed by atoms with van der Waals surface area (Å²) in [6, 6.07) is 15.4. The van der Waals surface area contributed by atoms with E-state index in [9.17, 15) is 4.79 Å². The second-order valence-corrected chi connectivity index (χ2v) is 7.82. The van der Waals surface area contributed by atoms with Gasteiger partial charge in [-0.15, -0.1) is 0 Å². The van der Waals surface area contributed by atoms with Crippen molar-refractivity contribution in [3.63, 3.8) is 0 Å². The van der Waals surface area contributed by atoms with Crippen LogP contribution in [0.25, 0.3) is 0 Å². The zero-order valence-electron chi connectivity index (χ0n) is 18.2. The summed E-state index contributed by atoms with van der Waals surface area (Å²) >= 11 is 0. The molecule has 1 N–H and O–H groups in total. The molecule has 1 fully saturated rings. The summed E-state index contributed by atoms with van der Waals surface area (Å²) in [5, 5.41) is 2.97. The van der Waals surface area contributed by atoms with Crippen molar-refractivity contribution in [1.29, 1.82) is 0 Å². The van der Waals surface area contributed by atoms with E-state index in [-0.39, 0.29) is 12.0 Å². The lowest BCUT2D eigenvalue weighted by molar-refractivity contribution is -0.122. The number of nitrogens with one attached hydrogen (secondary N) is 1. The lowest BCUT2D eigenvalue weighted by Gasteiger charge is -2.21. The predicted octanol–water partition coefficient (Wildman–Crippen LogP) is 5.55. The van der Waals surface area contributed by atoms with Crippen molar-refractivity contribution in [3.8, 4) is 11.5 Å². The fourth-order valence-electron chi connectivity index (χ4n) is 3.54. The van der Waals surface area contributed by atoms with Crippen LogP contribution in [0.4, 0.5) is 5.69 Å². The number of benzene rings is 2. The number of rotatable bonds is 10. The van der Waals surface area contributed by atoms with Crippen LogP contribution in [-0.4, -0.2) is 31.3 Å². The lowest BCUT2D eigenvalue weighted by atomic mass is 9.98. The second kappa shape index (κ2) is 11.0. The Morgan fingerprint density at radius 3 is 2.73 bits per heavy atom. The Bertz CT molecular complexity index is 816. The number of carbonyl (C=O) groups excluding carboxylic acids is 1. The summed E-state index contributed by atoms with van der Waals surface area (Å²) in [5.41, 5.74) is 1.83. The van der Waals surface area contributed by atoms with Gasteiger partial charge >= 0.3 is 0 Å². The largest absolute Gasteiger partial charge is 0.491 e. The summed E-state index contributed by atoms with van der Waals surface area (Å²) in [6.45, 7) is 7.62. The Morgan fingerprint density at radius 2 is 2.00 bits per heavy atom. The molecule has 5 heteroatoms. The van der Waals surface area contributed by atoms with E-state index in [1.54, 1.807) is 0 Å². The maximum absolute atomic E-state index is 12.9. The van der Waals surface area contributed by atoms with Crippen molar-refractivity contribution < 1.29 is 19.0 Å². The van der Waals surface area contributed by atoms with Crippen LogP contribution in [0.5, 0.6) is 11.5 Å². The molecule has 0 aliphatic carbocycles. The molecule has 0 spiro atoms. The van der Waals surface area contributed by atoms with Crippen molar-refractivity contribution in [1.82, 2.24) is 0 Å². The Morgan fingerprint density at radius 1 is 1.17 bits per heavy atom. The molecule has 2 aromatic carbocycles. The molecular weight excluding hydrogens is 378 g/mol. The van der Waals surface area contributed by atoms with E-state index in [0.29, 0.717) is 24.6 Å². The number of hydrogen-bond donors (Lipinski definition) is 1. The lowest BCUT2D eigenvalue weighted by Crippen LogP contribution is -2.32. The summed E-state index contributed by atoms with van der Waals surface area (Å²) in [6.07, 6.45) is 3.31. The van der Waals surface area contributed by atoms with Gasteiger partial charge in [-0.05, 0) is 55.4 Å². The standard InChI is InChI=1S/C25H33NO4/c1-4-18(3)22-13-6-7-14-24(22)30-23(5-2)25(27)26-19-10-8-11-20(16-19)29-17-21-12-9-15-28-21/h6-8,10-11,13-14,16,18,21,23H,4-5,9,12,15,17H2,1-3H3,(H,26,27). The smallest absolute Gasteiger partial charge is 0.265 e. The minimum absolute atomic E-state index is 0.159. The van der Waals surface area contributed by atoms with E-state index in [2.05, 4.69) is 25.2 Å². The van der Waals surface area contributed by atoms with E-state index in [4.69, 9.17) is 14.2 Å². The molecule has 0 bridgehead atoms. The molecule has 3 rings (SSSR count). The molecular formula is C25H33NO4. The first kappa shape index (κ1) is 22.2. The van der Waals surface area contributed by atoms with Gasteiger partial charge in [-0.25, -0.2) is 0 Å². The molecule has 0 radical (unpaired) electrons. The van der Waals surface area contributed by atoms with Gasteiger partial charge in [0.2, 0.25) is 0 Å². The number of carbonyl (C=O) groups is 1. The molecule has 1 aliphatic rings. The molecule has 1 aliphatic heterocycles. The van der Waals surface area contributed by atoms with E-state index in [1.807, 2.05) is 49.4 Å². The SMILES string of the molecule is CCC(Oc1ccccc1C(C)CC)C(=O)Nc1cccc(OCC2CCCO2)c1. The van der Waals surface area contributed by atoms with Crippen molar-refractivity contribution in [3.05, 3.63) is 54.1 Å². The zero-order valence-corrected chi connectivity index (χ0v) is 18.2. The van der Waals surface area contributed by atoms with Gasteiger partial charge in [0.1, 0.15) is 18.1 Å². The summed E-state index contributed by atoms with van der Waals surface area (Å²) < 4.78 is 17.6. The van der Waals surface area contributed by atoms with Crippen molar-refractivity contribution in [2.45, 2.75) is 64.6 Å². The van der Waals surface area contributed by atoms with Gasteiger partial charge in [0.15, 0.2) is 6.10 Å². The Labute approximate surface area is 179 Å². The highest BCUT2D eigenvalue weighted by Gasteiger charge is 2.21. The van der Waals surface area contributed by atoms with Gasteiger partial charge in [0.05, 0.1) is 6.10 Å². The van der Waals surface area contributed by atoms with Crippen LogP contribution in [0.3, 0.4) is 0 Å². The monoisotopic (exact) mass is 411 g/mol. The summed E-state index contributed by atoms with van der Waals surface area (Å²) in [4.78, 5) is 12.9. The zero-order chi connectivity index (χ0) is 21.3. The first-order valence-electron chi connectivity index (χ1n) is 11.0. The predicted molar refractivity (Wildman–Crippen MR) is 119 cm³/mol. The number of anilines is 1. The third kappa shape index (κ3) is 5.99. The van der Waals surface area contributed by atoms with Crippen molar-refractivity contribution in [2.24, 2.45) is 0 Å². The molecule has 5 nitrogen and oxygen atoms in total. The van der Waals surface area contributed by atoms with E-state index in [0.717, 1.165) is 42.9 Å². The summed E-state index contributed by atoms with van der Waals surface area (Å²) in [5.74, 6) is 1.72. The van der Waals surface area contributed by atoms with Gasteiger partial charge in [-0.3, -0.25) is 4.79 Å². The molecule has 1 heterocycles. The topological polar surface area (TPSA) is 56.8 Å². The van der Waals surface area contributed by atoms with Gasteiger partial charge in [-0.1, -0.05) is 45.0 Å². The number of amides is 1. The third-order valence-corrected chi connectivity index (χ3v) is 5.56. The molecule has 0 aromatic heterocycles. The molecule has 3 unspecified atom stereocenters. The maximum atomic E-state index is 12.9. The molecule has 162 valence electrons. The van der Waals surface area contributed by atoms with E-state index >= 15 is 0 Å². The molecule has 30 heavy (non-hydrogen) atoms. The van der Waals surface area contributed by atoms with Crippen LogP contribution in [0.1, 0.15) is 57.9 Å². The van der Waals surface area contributed by atoms with Crippen LogP contribution < -0.4 is 14.8 Å². The Kier molecular flexibility index (Phi) is 8.14. The van der Waals surface area contributed by atoms with Crippen molar-refractivity contribution >= 4 is 11.6 Å². The number of para-hydroxylation sites is 1. The number of hydrogen-bond acceptors (Lipinski definition) is 4. The van der Waals surface area contributed by atoms with Gasteiger partial charge in [0.25, 0.3) is 5.91 Å². The molecule has 3 atom stereocenters. The molecule has 1 amide bonds. The Hall–Kier alpha value is -2.53. The first-order chi connectivity index (χ1) is 14.6. The average molecular weight is 412 g/mol. The molecule has 1 saturated heterocycles. The van der Waals surface area contributed by atoms with Gasteiger partial charge in [-0.2, -0.15) is 0 Å². The molecule has 2 aromatic rings. The quantitative estimate of drug-likeness (QED) is 0.557. The summed E-state index contributed by atoms with van der Waals surface area (Å²) in [7, 11) is 0. The van der Waals surface area contributed by atoms with Crippen LogP contribution in [0, 0.1) is 0 Å². The fraction of sp³-hybridized carbons (Fsp3) is 0.480. The fourth-order valence-corrected chi connectivity index (χ4v) is 3.54.